The molecule has 192 valence electrons. The standard InChI is InChI=1S/C31H41N3O2/c1-24(2)22-33-19-20-36-29-9-4-3-7-26(29)8-5-6-13-31(23-33)14-17-34(18-15-31)30(35)27-11-10-25-12-16-32-28(25)21-27/h3-4,7,9-12,16,21,24,32H,5-6,8,13-15,17-20,22-23H2,1-2H3. The fourth-order valence-corrected chi connectivity index (χ4v) is 6.21. The minimum absolute atomic E-state index is 0.165. The Bertz CT molecular complexity index is 1160. The van der Waals surface area contributed by atoms with Crippen LogP contribution >= 0.6 is 0 Å². The van der Waals surface area contributed by atoms with Crippen LogP contribution < -0.4 is 4.74 Å². The van der Waals surface area contributed by atoms with Gasteiger partial charge in [-0.05, 0) is 78.7 Å². The highest BCUT2D eigenvalue weighted by Crippen LogP contribution is 2.39. The third-order valence-corrected chi connectivity index (χ3v) is 8.14. The van der Waals surface area contributed by atoms with Crippen LogP contribution in [0.5, 0.6) is 5.75 Å². The van der Waals surface area contributed by atoms with Gasteiger partial charge in [-0.2, -0.15) is 0 Å². The number of hydrogen-bond acceptors (Lipinski definition) is 3. The van der Waals surface area contributed by atoms with Gasteiger partial charge in [0.15, 0.2) is 0 Å². The Labute approximate surface area is 215 Å². The van der Waals surface area contributed by atoms with E-state index in [0.29, 0.717) is 5.92 Å². The van der Waals surface area contributed by atoms with E-state index in [2.05, 4.69) is 52.9 Å². The Morgan fingerprint density at radius 3 is 2.69 bits per heavy atom. The number of ether oxygens (including phenoxy) is 1. The molecule has 0 unspecified atom stereocenters. The van der Waals surface area contributed by atoms with E-state index in [0.717, 1.165) is 80.8 Å². The van der Waals surface area contributed by atoms with E-state index in [-0.39, 0.29) is 11.3 Å². The first-order valence-corrected chi connectivity index (χ1v) is 13.8. The quantitative estimate of drug-likeness (QED) is 0.482. The Hall–Kier alpha value is -2.79. The molecule has 2 aromatic carbocycles. The summed E-state index contributed by atoms with van der Waals surface area (Å²) in [5.41, 5.74) is 3.42. The lowest BCUT2D eigenvalue weighted by Crippen LogP contribution is -2.49. The van der Waals surface area contributed by atoms with Gasteiger partial charge in [0.25, 0.3) is 5.91 Å². The predicted molar refractivity (Wildman–Crippen MR) is 147 cm³/mol. The molecule has 3 heterocycles. The Morgan fingerprint density at radius 2 is 1.86 bits per heavy atom. The highest BCUT2D eigenvalue weighted by Gasteiger charge is 2.37. The summed E-state index contributed by atoms with van der Waals surface area (Å²) >= 11 is 0. The molecular weight excluding hydrogens is 446 g/mol. The lowest BCUT2D eigenvalue weighted by atomic mass is 9.73. The first kappa shape index (κ1) is 24.9. The molecule has 0 radical (unpaired) electrons. The summed E-state index contributed by atoms with van der Waals surface area (Å²) in [7, 11) is 0. The number of piperidine rings is 1. The molecule has 1 spiro atoms. The second-order valence-corrected chi connectivity index (χ2v) is 11.4. The first-order valence-electron chi connectivity index (χ1n) is 13.8. The van der Waals surface area contributed by atoms with Gasteiger partial charge >= 0.3 is 0 Å². The van der Waals surface area contributed by atoms with Crippen LogP contribution in [-0.2, 0) is 6.42 Å². The number of carbonyl (C=O) groups is 1. The van der Waals surface area contributed by atoms with Crippen molar-refractivity contribution in [3.8, 4) is 5.75 Å². The largest absolute Gasteiger partial charge is 0.492 e. The zero-order valence-corrected chi connectivity index (χ0v) is 22.0. The number of hydrogen-bond donors (Lipinski definition) is 1. The molecule has 0 saturated carbocycles. The number of para-hydroxylation sites is 1. The molecule has 5 heteroatoms. The summed E-state index contributed by atoms with van der Waals surface area (Å²) in [6.07, 6.45) is 8.81. The molecule has 1 saturated heterocycles. The maximum absolute atomic E-state index is 13.4. The lowest BCUT2D eigenvalue weighted by Gasteiger charge is -2.45. The van der Waals surface area contributed by atoms with Gasteiger partial charge < -0.3 is 14.6 Å². The van der Waals surface area contributed by atoms with Crippen LogP contribution in [0.2, 0.25) is 0 Å². The van der Waals surface area contributed by atoms with Gasteiger partial charge in [0.1, 0.15) is 12.4 Å². The average molecular weight is 488 g/mol. The minimum atomic E-state index is 0.165. The maximum atomic E-state index is 13.4. The van der Waals surface area contributed by atoms with Gasteiger partial charge in [0.2, 0.25) is 0 Å². The first-order chi connectivity index (χ1) is 17.5. The molecule has 0 aliphatic carbocycles. The number of aromatic amines is 1. The molecule has 1 N–H and O–H groups in total. The van der Waals surface area contributed by atoms with Crippen molar-refractivity contribution in [1.82, 2.24) is 14.8 Å². The molecular formula is C31H41N3O2. The number of aromatic nitrogens is 1. The number of nitrogens with one attached hydrogen (secondary N) is 1. The van der Waals surface area contributed by atoms with E-state index >= 15 is 0 Å². The number of amides is 1. The zero-order chi connectivity index (χ0) is 25.0. The van der Waals surface area contributed by atoms with Crippen molar-refractivity contribution in [3.05, 3.63) is 65.9 Å². The Balaban J connectivity index is 1.29. The fourth-order valence-electron chi connectivity index (χ4n) is 6.21. The van der Waals surface area contributed by atoms with Crippen molar-refractivity contribution in [3.63, 3.8) is 0 Å². The highest BCUT2D eigenvalue weighted by molar-refractivity contribution is 5.98. The van der Waals surface area contributed by atoms with E-state index < -0.39 is 0 Å². The van der Waals surface area contributed by atoms with Crippen LogP contribution in [0, 0.1) is 11.3 Å². The van der Waals surface area contributed by atoms with Crippen LogP contribution in [0.4, 0.5) is 0 Å². The Morgan fingerprint density at radius 1 is 1.03 bits per heavy atom. The normalized spacial score (nSPS) is 19.5. The van der Waals surface area contributed by atoms with Crippen LogP contribution in [0.3, 0.4) is 0 Å². The number of rotatable bonds is 3. The van der Waals surface area contributed by atoms with Gasteiger partial charge in [0, 0.05) is 50.0 Å². The zero-order valence-electron chi connectivity index (χ0n) is 22.0. The summed E-state index contributed by atoms with van der Waals surface area (Å²) in [5.74, 6) is 1.84. The minimum Gasteiger partial charge on any atom is -0.492 e. The number of nitrogens with zero attached hydrogens (tertiary/aromatic N) is 2. The predicted octanol–water partition coefficient (Wildman–Crippen LogP) is 6.15. The molecule has 0 bridgehead atoms. The summed E-state index contributed by atoms with van der Waals surface area (Å²) < 4.78 is 6.27. The van der Waals surface area contributed by atoms with Crippen LogP contribution in [0.25, 0.3) is 10.9 Å². The van der Waals surface area contributed by atoms with Crippen molar-refractivity contribution in [2.24, 2.45) is 11.3 Å². The topological polar surface area (TPSA) is 48.6 Å². The van der Waals surface area contributed by atoms with Gasteiger partial charge in [0.05, 0.1) is 0 Å². The summed E-state index contributed by atoms with van der Waals surface area (Å²) in [5, 5.41) is 1.15. The van der Waals surface area contributed by atoms with Gasteiger partial charge in [-0.3, -0.25) is 9.69 Å². The van der Waals surface area contributed by atoms with Crippen molar-refractivity contribution in [1.29, 1.82) is 0 Å². The molecule has 2 aliphatic rings. The van der Waals surface area contributed by atoms with Gasteiger partial charge in [-0.15, -0.1) is 0 Å². The molecule has 0 atom stereocenters. The van der Waals surface area contributed by atoms with Crippen LogP contribution in [0.1, 0.15) is 61.9 Å². The van der Waals surface area contributed by atoms with E-state index in [1.54, 1.807) is 0 Å². The number of likely N-dealkylation sites (tertiary alicyclic amines) is 1. The molecule has 1 amide bonds. The smallest absolute Gasteiger partial charge is 0.253 e. The summed E-state index contributed by atoms with van der Waals surface area (Å²) in [6.45, 7) is 10.2. The van der Waals surface area contributed by atoms with E-state index in [9.17, 15) is 4.79 Å². The number of aryl methyl sites for hydroxylation is 1. The maximum Gasteiger partial charge on any atom is 0.253 e. The average Bonchev–Trinajstić information content (AvgIpc) is 3.34. The second kappa shape index (κ2) is 11.1. The van der Waals surface area contributed by atoms with Crippen LogP contribution in [0.15, 0.2) is 54.7 Å². The third-order valence-electron chi connectivity index (χ3n) is 8.14. The number of carbonyl (C=O) groups excluding carboxylic acids is 1. The van der Waals surface area contributed by atoms with Crippen molar-refractivity contribution in [2.45, 2.75) is 52.4 Å². The monoisotopic (exact) mass is 487 g/mol. The van der Waals surface area contributed by atoms with Crippen molar-refractivity contribution in [2.75, 3.05) is 39.3 Å². The third kappa shape index (κ3) is 5.78. The van der Waals surface area contributed by atoms with E-state index in [1.807, 2.05) is 30.5 Å². The van der Waals surface area contributed by atoms with Gasteiger partial charge in [-0.1, -0.05) is 44.5 Å². The number of fused-ring (bicyclic) bond motifs is 2. The lowest BCUT2D eigenvalue weighted by molar-refractivity contribution is 0.0355. The molecule has 36 heavy (non-hydrogen) atoms. The SMILES string of the molecule is CC(C)CN1CCOc2ccccc2CCCCC2(CCN(C(=O)c3ccc4cc[nH]c4c3)CC2)C1. The molecule has 5 nitrogen and oxygen atoms in total. The highest BCUT2D eigenvalue weighted by atomic mass is 16.5. The number of benzene rings is 2. The molecule has 3 aromatic rings. The van der Waals surface area contributed by atoms with Crippen molar-refractivity contribution >= 4 is 16.8 Å². The van der Waals surface area contributed by atoms with Crippen LogP contribution in [-0.4, -0.2) is 60.0 Å². The number of H-pyrrole nitrogens is 1. The molecule has 1 aromatic heterocycles. The van der Waals surface area contributed by atoms with E-state index in [4.69, 9.17) is 4.74 Å². The van der Waals surface area contributed by atoms with E-state index in [1.165, 1.54) is 24.8 Å². The van der Waals surface area contributed by atoms with Crippen molar-refractivity contribution < 1.29 is 9.53 Å². The molecule has 2 aliphatic heterocycles. The second-order valence-electron chi connectivity index (χ2n) is 11.4. The fraction of sp³-hybridized carbons (Fsp3) is 0.516. The molecule has 1 fully saturated rings. The summed E-state index contributed by atoms with van der Waals surface area (Å²) in [4.78, 5) is 21.3. The van der Waals surface area contributed by atoms with Gasteiger partial charge in [-0.25, -0.2) is 0 Å². The molecule has 5 rings (SSSR count). The Kier molecular flexibility index (Phi) is 7.66. The summed E-state index contributed by atoms with van der Waals surface area (Å²) in [6, 6.07) is 16.6.